The van der Waals surface area contributed by atoms with Crippen molar-refractivity contribution in [3.8, 4) is 11.5 Å². The van der Waals surface area contributed by atoms with Crippen LogP contribution in [-0.2, 0) is 11.4 Å². The van der Waals surface area contributed by atoms with E-state index in [0.717, 1.165) is 14.8 Å². The lowest BCUT2D eigenvalue weighted by Gasteiger charge is -2.13. The molecule has 128 valence electrons. The van der Waals surface area contributed by atoms with Crippen LogP contribution in [0.25, 0.3) is 6.08 Å². The number of nitrogens with one attached hydrogen (secondary N) is 2. The maximum absolute atomic E-state index is 11.8. The number of hydrogen-bond donors (Lipinski definition) is 2. The summed E-state index contributed by atoms with van der Waals surface area (Å²) in [4.78, 5) is 16.0. The summed E-state index contributed by atoms with van der Waals surface area (Å²) in [5.74, 6) is 0.959. The van der Waals surface area contributed by atoms with Crippen molar-refractivity contribution in [3.05, 3.63) is 57.1 Å². The van der Waals surface area contributed by atoms with Gasteiger partial charge in [-0.3, -0.25) is 15.1 Å². The first-order valence-electron chi connectivity index (χ1n) is 7.31. The van der Waals surface area contributed by atoms with Gasteiger partial charge in [-0.1, -0.05) is 6.07 Å². The Morgan fingerprint density at radius 1 is 1.32 bits per heavy atom. The molecule has 25 heavy (non-hydrogen) atoms. The van der Waals surface area contributed by atoms with Crippen molar-refractivity contribution >= 4 is 51.9 Å². The number of benzene rings is 1. The number of nitrogens with zero attached hydrogens (tertiary/aromatic N) is 1. The van der Waals surface area contributed by atoms with Gasteiger partial charge < -0.3 is 14.8 Å². The van der Waals surface area contributed by atoms with Gasteiger partial charge in [-0.2, -0.15) is 0 Å². The zero-order valence-corrected chi connectivity index (χ0v) is 16.2. The summed E-state index contributed by atoms with van der Waals surface area (Å²) < 4.78 is 12.2. The van der Waals surface area contributed by atoms with Gasteiger partial charge in [-0.15, -0.1) is 0 Å². The summed E-state index contributed by atoms with van der Waals surface area (Å²) in [6.45, 7) is 0.339. The average molecular weight is 467 g/mol. The summed E-state index contributed by atoms with van der Waals surface area (Å²) in [5.41, 5.74) is 2.02. The molecule has 8 heteroatoms. The van der Waals surface area contributed by atoms with Crippen LogP contribution in [0.5, 0.6) is 11.5 Å². The van der Waals surface area contributed by atoms with Crippen molar-refractivity contribution in [3.63, 3.8) is 0 Å². The van der Waals surface area contributed by atoms with Crippen molar-refractivity contribution < 1.29 is 14.3 Å². The molecular weight excluding hydrogens is 453 g/mol. The van der Waals surface area contributed by atoms with Crippen LogP contribution < -0.4 is 20.1 Å². The predicted octanol–water partition coefficient (Wildman–Crippen LogP) is 2.62. The Kier molecular flexibility index (Phi) is 5.49. The maximum atomic E-state index is 11.8. The molecule has 1 saturated heterocycles. The van der Waals surface area contributed by atoms with E-state index in [1.807, 2.05) is 24.3 Å². The SMILES string of the molecule is COc1cc(/C=C2/NC(=S)NC2=O)cc(I)c1OCc1ccccn1. The number of aromatic nitrogens is 1. The second-order valence-corrected chi connectivity index (χ2v) is 6.68. The standard InChI is InChI=1S/C17H14IN3O3S/c1-23-14-8-10(7-13-16(22)21-17(25)20-13)6-12(18)15(14)24-9-11-4-2-3-5-19-11/h2-8H,9H2,1H3,(H2,20,21,22,25)/b13-7+. The van der Waals surface area contributed by atoms with Gasteiger partial charge in [0.1, 0.15) is 12.3 Å². The predicted molar refractivity (Wildman–Crippen MR) is 106 cm³/mol. The van der Waals surface area contributed by atoms with Crippen molar-refractivity contribution in [2.75, 3.05) is 7.11 Å². The Morgan fingerprint density at radius 3 is 2.80 bits per heavy atom. The topological polar surface area (TPSA) is 72.5 Å². The highest BCUT2D eigenvalue weighted by Gasteiger charge is 2.20. The summed E-state index contributed by atoms with van der Waals surface area (Å²) in [6, 6.07) is 9.37. The van der Waals surface area contributed by atoms with Gasteiger partial charge in [0.15, 0.2) is 16.6 Å². The molecule has 1 aliphatic rings. The fraction of sp³-hybridized carbons (Fsp3) is 0.118. The molecule has 0 radical (unpaired) electrons. The molecule has 0 aliphatic carbocycles. The molecule has 6 nitrogen and oxygen atoms in total. The fourth-order valence-corrected chi connectivity index (χ4v) is 3.23. The van der Waals surface area contributed by atoms with Crippen molar-refractivity contribution in [2.24, 2.45) is 0 Å². The average Bonchev–Trinajstić information content (AvgIpc) is 2.91. The van der Waals surface area contributed by atoms with Crippen molar-refractivity contribution in [1.29, 1.82) is 0 Å². The second-order valence-electron chi connectivity index (χ2n) is 5.11. The molecule has 2 heterocycles. The minimum atomic E-state index is -0.255. The van der Waals surface area contributed by atoms with Gasteiger partial charge >= 0.3 is 0 Å². The summed E-state index contributed by atoms with van der Waals surface area (Å²) in [7, 11) is 1.58. The Hall–Kier alpha value is -2.20. The van der Waals surface area contributed by atoms with Crippen LogP contribution in [0.4, 0.5) is 0 Å². The third-order valence-corrected chi connectivity index (χ3v) is 4.38. The monoisotopic (exact) mass is 467 g/mol. The number of methoxy groups -OCH3 is 1. The van der Waals surface area contributed by atoms with E-state index in [1.54, 1.807) is 25.4 Å². The zero-order chi connectivity index (χ0) is 17.8. The highest BCUT2D eigenvalue weighted by molar-refractivity contribution is 14.1. The molecule has 2 aromatic rings. The molecule has 0 bridgehead atoms. The minimum absolute atomic E-state index is 0.255. The highest BCUT2D eigenvalue weighted by Crippen LogP contribution is 2.35. The van der Waals surface area contributed by atoms with E-state index in [1.165, 1.54) is 0 Å². The van der Waals surface area contributed by atoms with Gasteiger partial charge in [-0.25, -0.2) is 0 Å². The number of amides is 1. The lowest BCUT2D eigenvalue weighted by atomic mass is 10.1. The van der Waals surface area contributed by atoms with Crippen LogP contribution in [0.1, 0.15) is 11.3 Å². The summed E-state index contributed by atoms with van der Waals surface area (Å²) >= 11 is 7.10. The largest absolute Gasteiger partial charge is 0.493 e. The summed E-state index contributed by atoms with van der Waals surface area (Å²) in [6.07, 6.45) is 3.43. The van der Waals surface area contributed by atoms with Crippen molar-refractivity contribution in [2.45, 2.75) is 6.61 Å². The number of thiocarbonyl (C=S) groups is 1. The van der Waals surface area contributed by atoms with Crippen molar-refractivity contribution in [1.82, 2.24) is 15.6 Å². The minimum Gasteiger partial charge on any atom is -0.493 e. The van der Waals surface area contributed by atoms with Crippen LogP contribution in [0.3, 0.4) is 0 Å². The third-order valence-electron chi connectivity index (χ3n) is 3.37. The molecule has 1 aromatic carbocycles. The zero-order valence-electron chi connectivity index (χ0n) is 13.2. The van der Waals surface area contributed by atoms with E-state index in [0.29, 0.717) is 28.9 Å². The molecule has 1 aliphatic heterocycles. The number of ether oxygens (including phenoxy) is 2. The number of carbonyl (C=O) groups excluding carboxylic acids is 1. The van der Waals surface area contributed by atoms with Crippen LogP contribution in [-0.4, -0.2) is 23.1 Å². The van der Waals surface area contributed by atoms with Gasteiger partial charge in [0.05, 0.1) is 16.4 Å². The lowest BCUT2D eigenvalue weighted by Crippen LogP contribution is -2.21. The van der Waals surface area contributed by atoms with E-state index < -0.39 is 0 Å². The molecular formula is C17H14IN3O3S. The highest BCUT2D eigenvalue weighted by atomic mass is 127. The molecule has 1 fully saturated rings. The van der Waals surface area contributed by atoms with Crippen LogP contribution >= 0.6 is 34.8 Å². The number of rotatable bonds is 5. The number of pyridine rings is 1. The van der Waals surface area contributed by atoms with Gasteiger partial charge in [0.25, 0.3) is 5.91 Å². The Labute approximate surface area is 163 Å². The van der Waals surface area contributed by atoms with E-state index in [-0.39, 0.29) is 5.91 Å². The van der Waals surface area contributed by atoms with Gasteiger partial charge in [0, 0.05) is 6.20 Å². The fourth-order valence-electron chi connectivity index (χ4n) is 2.24. The molecule has 3 rings (SSSR count). The van der Waals surface area contributed by atoms with Gasteiger partial charge in [-0.05, 0) is 70.7 Å². The third kappa shape index (κ3) is 4.26. The maximum Gasteiger partial charge on any atom is 0.273 e. The number of carbonyl (C=O) groups is 1. The molecule has 1 amide bonds. The number of halogens is 1. The Bertz CT molecular complexity index is 856. The van der Waals surface area contributed by atoms with E-state index in [2.05, 4.69) is 38.2 Å². The van der Waals surface area contributed by atoms with Crippen LogP contribution in [0.15, 0.2) is 42.2 Å². The molecule has 0 spiro atoms. The van der Waals surface area contributed by atoms with Gasteiger partial charge in [0.2, 0.25) is 0 Å². The quantitative estimate of drug-likeness (QED) is 0.401. The van der Waals surface area contributed by atoms with E-state index in [9.17, 15) is 4.79 Å². The lowest BCUT2D eigenvalue weighted by molar-refractivity contribution is -0.115. The normalized spacial score (nSPS) is 15.0. The Morgan fingerprint density at radius 2 is 2.16 bits per heavy atom. The first kappa shape index (κ1) is 17.6. The molecule has 0 atom stereocenters. The molecule has 1 aromatic heterocycles. The van der Waals surface area contributed by atoms with Crippen LogP contribution in [0, 0.1) is 3.57 Å². The van der Waals surface area contributed by atoms with E-state index in [4.69, 9.17) is 21.7 Å². The molecule has 2 N–H and O–H groups in total. The van der Waals surface area contributed by atoms with E-state index >= 15 is 0 Å². The van der Waals surface area contributed by atoms with Crippen LogP contribution in [0.2, 0.25) is 0 Å². The smallest absolute Gasteiger partial charge is 0.273 e. The second kappa shape index (κ2) is 7.79. The first-order chi connectivity index (χ1) is 12.1. The molecule has 0 unspecified atom stereocenters. The first-order valence-corrected chi connectivity index (χ1v) is 8.80. The molecule has 0 saturated carbocycles. The number of hydrogen-bond acceptors (Lipinski definition) is 5. The Balaban J connectivity index is 1.85. The summed E-state index contributed by atoms with van der Waals surface area (Å²) in [5, 5.41) is 5.65.